The number of carbonyl (C=O) groups excluding carboxylic acids is 1. The molecule has 1 fully saturated rings. The molecule has 2 rings (SSSR count). The Kier molecular flexibility index (Phi) is 4.55. The molecule has 8 nitrogen and oxygen atoms in total. The quantitative estimate of drug-likeness (QED) is 0.740. The van der Waals surface area contributed by atoms with Crippen LogP contribution in [-0.4, -0.2) is 50.0 Å². The number of methoxy groups -OCH3 is 2. The van der Waals surface area contributed by atoms with E-state index in [1.54, 1.807) is 0 Å². The Bertz CT molecular complexity index is 650. The van der Waals surface area contributed by atoms with Gasteiger partial charge in [0.05, 0.1) is 25.5 Å². The Morgan fingerprint density at radius 2 is 1.77 bits per heavy atom. The Morgan fingerprint density at radius 3 is 2.09 bits per heavy atom. The van der Waals surface area contributed by atoms with E-state index in [4.69, 9.17) is 15.2 Å². The van der Waals surface area contributed by atoms with E-state index >= 15 is 0 Å². The lowest BCUT2D eigenvalue weighted by atomic mass is 9.99. The van der Waals surface area contributed by atoms with E-state index in [-0.39, 0.29) is 23.5 Å². The van der Waals surface area contributed by atoms with Crippen molar-refractivity contribution in [1.29, 1.82) is 0 Å². The first-order valence-corrected chi connectivity index (χ1v) is 8.68. The Morgan fingerprint density at radius 1 is 1.27 bits per heavy atom. The fourth-order valence-corrected chi connectivity index (χ4v) is 4.22. The van der Waals surface area contributed by atoms with Crippen molar-refractivity contribution in [3.63, 3.8) is 0 Å². The monoisotopic (exact) mass is 329 g/mol. The molecule has 9 heteroatoms. The minimum atomic E-state index is -3.50. The number of carbonyl (C=O) groups is 1. The molecule has 0 aliphatic heterocycles. The van der Waals surface area contributed by atoms with Crippen molar-refractivity contribution in [3.05, 3.63) is 11.9 Å². The van der Waals surface area contributed by atoms with Crippen LogP contribution in [0.2, 0.25) is 0 Å². The number of nitrogens with two attached hydrogens (primary N) is 1. The summed E-state index contributed by atoms with van der Waals surface area (Å²) in [6, 6.07) is 1.44. The highest BCUT2D eigenvalue weighted by atomic mass is 32.2. The zero-order valence-electron chi connectivity index (χ0n) is 12.6. The lowest BCUT2D eigenvalue weighted by molar-refractivity contribution is -0.119. The average molecular weight is 329 g/mol. The van der Waals surface area contributed by atoms with Gasteiger partial charge in [-0.2, -0.15) is 9.97 Å². The highest BCUT2D eigenvalue weighted by molar-refractivity contribution is 7.91. The minimum absolute atomic E-state index is 0.00558. The molecule has 122 valence electrons. The van der Waals surface area contributed by atoms with Crippen molar-refractivity contribution >= 4 is 15.7 Å². The number of amides is 1. The highest BCUT2D eigenvalue weighted by Crippen LogP contribution is 2.42. The Hall–Kier alpha value is -1.90. The maximum Gasteiger partial charge on any atom is 0.229 e. The molecular formula is C13H19N3O5S. The van der Waals surface area contributed by atoms with Crippen LogP contribution in [0.25, 0.3) is 0 Å². The van der Waals surface area contributed by atoms with Gasteiger partial charge in [0.1, 0.15) is 11.7 Å². The van der Waals surface area contributed by atoms with Crippen LogP contribution in [0.5, 0.6) is 11.8 Å². The molecule has 1 amide bonds. The Labute approximate surface area is 129 Å². The number of sulfone groups is 1. The van der Waals surface area contributed by atoms with Crippen molar-refractivity contribution in [2.75, 3.05) is 20.5 Å². The smallest absolute Gasteiger partial charge is 0.229 e. The lowest BCUT2D eigenvalue weighted by Gasteiger charge is -2.22. The van der Waals surface area contributed by atoms with Gasteiger partial charge in [-0.1, -0.05) is 0 Å². The molecule has 1 heterocycles. The molecule has 22 heavy (non-hydrogen) atoms. The van der Waals surface area contributed by atoms with Gasteiger partial charge in [0, 0.05) is 6.26 Å². The molecule has 1 aliphatic carbocycles. The SMILES string of the molecule is COc1cc(OC)nc(C(C(N)=O)C(C2CC2)S(C)(=O)=O)n1. The van der Waals surface area contributed by atoms with E-state index in [1.165, 1.54) is 20.3 Å². The van der Waals surface area contributed by atoms with Gasteiger partial charge in [0.15, 0.2) is 9.84 Å². The number of hydrogen-bond acceptors (Lipinski definition) is 7. The van der Waals surface area contributed by atoms with Crippen molar-refractivity contribution in [2.24, 2.45) is 11.7 Å². The predicted octanol–water partition coefficient (Wildman–Crippen LogP) is -0.114. The summed E-state index contributed by atoms with van der Waals surface area (Å²) in [5, 5.41) is -0.929. The second-order valence-corrected chi connectivity index (χ2v) is 7.53. The van der Waals surface area contributed by atoms with Crippen LogP contribution < -0.4 is 15.2 Å². The summed E-state index contributed by atoms with van der Waals surface area (Å²) in [6.07, 6.45) is 2.58. The third-order valence-corrected chi connectivity index (χ3v) is 5.25. The van der Waals surface area contributed by atoms with Crippen molar-refractivity contribution in [1.82, 2.24) is 9.97 Å². The molecular weight excluding hydrogens is 310 g/mol. The molecule has 1 aliphatic rings. The first-order valence-electron chi connectivity index (χ1n) is 6.73. The molecule has 1 saturated carbocycles. The molecule has 0 saturated heterocycles. The van der Waals surface area contributed by atoms with E-state index in [2.05, 4.69) is 9.97 Å². The average Bonchev–Trinajstić information content (AvgIpc) is 3.26. The molecule has 1 aromatic heterocycles. The largest absolute Gasteiger partial charge is 0.481 e. The topological polar surface area (TPSA) is 121 Å². The second-order valence-electron chi connectivity index (χ2n) is 5.32. The molecule has 2 N–H and O–H groups in total. The molecule has 2 unspecified atom stereocenters. The summed E-state index contributed by atoms with van der Waals surface area (Å²) in [4.78, 5) is 20.1. The third-order valence-electron chi connectivity index (χ3n) is 3.61. The van der Waals surface area contributed by atoms with Gasteiger partial charge in [0.2, 0.25) is 17.7 Å². The lowest BCUT2D eigenvalue weighted by Crippen LogP contribution is -2.39. The maximum absolute atomic E-state index is 12.1. The number of nitrogens with zero attached hydrogens (tertiary/aromatic N) is 2. The van der Waals surface area contributed by atoms with E-state index in [9.17, 15) is 13.2 Å². The first-order chi connectivity index (χ1) is 10.3. The molecule has 0 radical (unpaired) electrons. The zero-order chi connectivity index (χ0) is 16.5. The summed E-state index contributed by atoms with van der Waals surface area (Å²) in [5.74, 6) is -1.66. The van der Waals surface area contributed by atoms with Gasteiger partial charge in [-0.15, -0.1) is 0 Å². The normalized spacial score (nSPS) is 17.6. The summed E-state index contributed by atoms with van der Waals surface area (Å²) >= 11 is 0. The molecule has 1 aromatic rings. The zero-order valence-corrected chi connectivity index (χ0v) is 13.5. The van der Waals surface area contributed by atoms with E-state index in [0.29, 0.717) is 0 Å². The van der Waals surface area contributed by atoms with Crippen molar-refractivity contribution in [3.8, 4) is 11.8 Å². The third kappa shape index (κ3) is 3.46. The van der Waals surface area contributed by atoms with Gasteiger partial charge in [-0.3, -0.25) is 4.79 Å². The van der Waals surface area contributed by atoms with Crippen molar-refractivity contribution < 1.29 is 22.7 Å². The van der Waals surface area contributed by atoms with Crippen LogP contribution in [-0.2, 0) is 14.6 Å². The fourth-order valence-electron chi connectivity index (χ4n) is 2.50. The van der Waals surface area contributed by atoms with E-state index in [1.807, 2.05) is 0 Å². The molecule has 0 aromatic carbocycles. The number of ether oxygens (including phenoxy) is 2. The summed E-state index contributed by atoms with van der Waals surface area (Å²) in [5.41, 5.74) is 5.45. The van der Waals surface area contributed by atoms with Crippen LogP contribution in [0.15, 0.2) is 6.07 Å². The van der Waals surface area contributed by atoms with Crippen LogP contribution in [0.1, 0.15) is 24.6 Å². The van der Waals surface area contributed by atoms with Crippen molar-refractivity contribution in [2.45, 2.75) is 24.0 Å². The van der Waals surface area contributed by atoms with E-state index in [0.717, 1.165) is 19.1 Å². The minimum Gasteiger partial charge on any atom is -0.481 e. The van der Waals surface area contributed by atoms with Crippen LogP contribution in [0.4, 0.5) is 0 Å². The van der Waals surface area contributed by atoms with Gasteiger partial charge in [-0.05, 0) is 18.8 Å². The highest BCUT2D eigenvalue weighted by Gasteiger charge is 2.47. The molecule has 2 atom stereocenters. The fraction of sp³-hybridized carbons (Fsp3) is 0.615. The van der Waals surface area contributed by atoms with E-state index < -0.39 is 26.9 Å². The van der Waals surface area contributed by atoms with Gasteiger partial charge in [0.25, 0.3) is 0 Å². The van der Waals surface area contributed by atoms with Crippen LogP contribution in [0, 0.1) is 5.92 Å². The second kappa shape index (κ2) is 6.07. The molecule has 0 spiro atoms. The summed E-state index contributed by atoms with van der Waals surface area (Å²) in [6.45, 7) is 0. The summed E-state index contributed by atoms with van der Waals surface area (Å²) < 4.78 is 34.3. The molecule has 0 bridgehead atoms. The van der Waals surface area contributed by atoms with Gasteiger partial charge in [-0.25, -0.2) is 8.42 Å². The number of aromatic nitrogens is 2. The number of rotatable bonds is 7. The predicted molar refractivity (Wildman–Crippen MR) is 78.4 cm³/mol. The Balaban J connectivity index is 2.54. The number of primary amides is 1. The van der Waals surface area contributed by atoms with Crippen LogP contribution in [0.3, 0.4) is 0 Å². The van der Waals surface area contributed by atoms with Gasteiger partial charge >= 0.3 is 0 Å². The summed E-state index contributed by atoms with van der Waals surface area (Å²) in [7, 11) is -0.691. The van der Waals surface area contributed by atoms with Crippen LogP contribution >= 0.6 is 0 Å². The number of hydrogen-bond donors (Lipinski definition) is 1. The maximum atomic E-state index is 12.1. The van der Waals surface area contributed by atoms with Gasteiger partial charge < -0.3 is 15.2 Å². The standard InChI is InChI=1S/C13H19N3O5S/c1-20-8-6-9(21-2)16-13(15-8)10(12(14)17)11(7-4-5-7)22(3,18)19/h6-7,10-11H,4-5H2,1-3H3,(H2,14,17). The first kappa shape index (κ1) is 16.5.